The molecule has 1 heterocycles. The highest BCUT2D eigenvalue weighted by atomic mass is 32.1. The first kappa shape index (κ1) is 13.3. The van der Waals surface area contributed by atoms with Gasteiger partial charge in [-0.1, -0.05) is 0 Å². The molecule has 118 valence electrons. The van der Waals surface area contributed by atoms with Crippen molar-refractivity contribution in [2.75, 3.05) is 6.54 Å². The van der Waals surface area contributed by atoms with Gasteiger partial charge in [-0.25, -0.2) is 0 Å². The Hall–Kier alpha value is -1.17. The maximum Gasteiger partial charge on any atom is 0.223 e. The minimum Gasteiger partial charge on any atom is -0.355 e. The molecule has 4 aliphatic carbocycles. The molecule has 1 unspecified atom stereocenters. The molecule has 0 radical (unpaired) electrons. The van der Waals surface area contributed by atoms with Crippen molar-refractivity contribution in [2.45, 2.75) is 44.6 Å². The van der Waals surface area contributed by atoms with E-state index in [-0.39, 0.29) is 0 Å². The van der Waals surface area contributed by atoms with Crippen LogP contribution in [-0.2, 0) is 11.2 Å². The quantitative estimate of drug-likeness (QED) is 0.818. The molecule has 4 saturated carbocycles. The molecule has 0 spiro atoms. The number of nitrogens with one attached hydrogen (secondary N) is 2. The Bertz CT molecular complexity index is 660. The van der Waals surface area contributed by atoms with Gasteiger partial charge in [0.05, 0.1) is 0 Å². The van der Waals surface area contributed by atoms with Gasteiger partial charge >= 0.3 is 0 Å². The van der Waals surface area contributed by atoms with Crippen LogP contribution < -0.4 is 5.32 Å². The molecule has 1 aromatic heterocycles. The van der Waals surface area contributed by atoms with E-state index in [0.29, 0.717) is 24.4 Å². The highest BCUT2D eigenvalue weighted by Crippen LogP contribution is 2.69. The first-order chi connectivity index (χ1) is 10.7. The van der Waals surface area contributed by atoms with E-state index in [1.807, 2.05) is 0 Å². The third-order valence-corrected chi connectivity index (χ3v) is 6.66. The fourth-order valence-corrected chi connectivity index (χ4v) is 5.61. The van der Waals surface area contributed by atoms with Gasteiger partial charge in [-0.05, 0) is 68.0 Å². The summed E-state index contributed by atoms with van der Waals surface area (Å²) in [5.41, 5.74) is 0. The summed E-state index contributed by atoms with van der Waals surface area (Å²) in [5.74, 6) is 4.77. The van der Waals surface area contributed by atoms with E-state index in [2.05, 4.69) is 20.1 Å². The zero-order valence-corrected chi connectivity index (χ0v) is 13.4. The van der Waals surface area contributed by atoms with Crippen molar-refractivity contribution in [2.24, 2.45) is 29.6 Å². The number of nitrogens with zero attached hydrogens (tertiary/aromatic N) is 2. The highest BCUT2D eigenvalue weighted by molar-refractivity contribution is 7.71. The monoisotopic (exact) mass is 318 g/mol. The van der Waals surface area contributed by atoms with Gasteiger partial charge < -0.3 is 9.88 Å². The van der Waals surface area contributed by atoms with Crippen LogP contribution in [0.5, 0.6) is 0 Å². The molecule has 2 N–H and O–H groups in total. The van der Waals surface area contributed by atoms with Crippen LogP contribution in [0, 0.1) is 34.4 Å². The minimum atomic E-state index is 0.290. The molecule has 2 bridgehead atoms. The average molecular weight is 318 g/mol. The minimum absolute atomic E-state index is 0.290. The Morgan fingerprint density at radius 3 is 2.68 bits per heavy atom. The molecule has 4 fully saturated rings. The van der Waals surface area contributed by atoms with Gasteiger partial charge in [-0.2, -0.15) is 5.10 Å². The molecule has 0 aromatic carbocycles. The van der Waals surface area contributed by atoms with Crippen LogP contribution in [0.2, 0.25) is 0 Å². The standard InChI is InChI=1S/C16H22N4OS/c21-15(14-12-8-1-2-9(7-8)13(12)14)17-6-5-11-18-19-16(22)20(11)10-3-4-10/h8-10,12-14H,1-7H2,(H,17,21)(H,19,22)/t8-,9-,12-,13+,14?/m0/s1. The van der Waals surface area contributed by atoms with Crippen LogP contribution in [-0.4, -0.2) is 27.2 Å². The third-order valence-electron chi connectivity index (χ3n) is 6.38. The molecule has 0 saturated heterocycles. The van der Waals surface area contributed by atoms with Crippen molar-refractivity contribution in [3.05, 3.63) is 10.6 Å². The van der Waals surface area contributed by atoms with Crippen molar-refractivity contribution in [1.29, 1.82) is 0 Å². The summed E-state index contributed by atoms with van der Waals surface area (Å²) >= 11 is 5.29. The molecule has 6 heteroatoms. The molecule has 1 aromatic rings. The number of carbonyl (C=O) groups is 1. The van der Waals surface area contributed by atoms with Crippen molar-refractivity contribution < 1.29 is 4.79 Å². The van der Waals surface area contributed by atoms with Gasteiger partial charge in [-0.3, -0.25) is 9.89 Å². The number of rotatable bonds is 5. The zero-order valence-electron chi connectivity index (χ0n) is 12.6. The number of hydrogen-bond acceptors (Lipinski definition) is 3. The SMILES string of the molecule is O=C(NCCc1n[nH]c(=S)n1C1CC1)C1[C@@H]2[C@H]3CC[C@@H](C3)[C@H]12. The van der Waals surface area contributed by atoms with Crippen LogP contribution in [0.3, 0.4) is 0 Å². The molecular formula is C16H22N4OS. The molecule has 5 atom stereocenters. The maximum absolute atomic E-state index is 12.4. The zero-order chi connectivity index (χ0) is 14.8. The van der Waals surface area contributed by atoms with Gasteiger partial charge in [0, 0.05) is 24.9 Å². The predicted molar refractivity (Wildman–Crippen MR) is 83.7 cm³/mol. The summed E-state index contributed by atoms with van der Waals surface area (Å²) in [6.07, 6.45) is 7.29. The lowest BCUT2D eigenvalue weighted by Crippen LogP contribution is -2.30. The number of aromatic amines is 1. The summed E-state index contributed by atoms with van der Waals surface area (Å²) in [6, 6.07) is 0.537. The molecule has 1 amide bonds. The molecule has 0 aliphatic heterocycles. The van der Waals surface area contributed by atoms with Gasteiger partial charge in [0.1, 0.15) is 5.82 Å². The molecule has 5 nitrogen and oxygen atoms in total. The van der Waals surface area contributed by atoms with Gasteiger partial charge in [-0.15, -0.1) is 0 Å². The van der Waals surface area contributed by atoms with Crippen molar-refractivity contribution >= 4 is 18.1 Å². The van der Waals surface area contributed by atoms with E-state index in [1.54, 1.807) is 0 Å². The van der Waals surface area contributed by atoms with Gasteiger partial charge in [0.25, 0.3) is 0 Å². The van der Waals surface area contributed by atoms with Gasteiger partial charge in [0.15, 0.2) is 4.77 Å². The Kier molecular flexibility index (Phi) is 2.82. The van der Waals surface area contributed by atoms with Crippen molar-refractivity contribution in [1.82, 2.24) is 20.1 Å². The van der Waals surface area contributed by atoms with E-state index in [4.69, 9.17) is 12.2 Å². The van der Waals surface area contributed by atoms with Gasteiger partial charge in [0.2, 0.25) is 5.91 Å². The van der Waals surface area contributed by atoms with Crippen LogP contribution in [0.15, 0.2) is 0 Å². The Balaban J connectivity index is 1.17. The summed E-state index contributed by atoms with van der Waals surface area (Å²) < 4.78 is 2.85. The Morgan fingerprint density at radius 1 is 1.27 bits per heavy atom. The molecular weight excluding hydrogens is 296 g/mol. The fourth-order valence-electron chi connectivity index (χ4n) is 5.31. The number of carbonyl (C=O) groups excluding carboxylic acids is 1. The Labute approximate surface area is 134 Å². The largest absolute Gasteiger partial charge is 0.355 e. The first-order valence-corrected chi connectivity index (χ1v) is 9.08. The number of aromatic nitrogens is 3. The summed E-state index contributed by atoms with van der Waals surface area (Å²) in [5, 5.41) is 10.4. The topological polar surface area (TPSA) is 62.7 Å². The second-order valence-electron chi connectivity index (χ2n) is 7.60. The van der Waals surface area contributed by atoms with Crippen molar-refractivity contribution in [3.63, 3.8) is 0 Å². The maximum atomic E-state index is 12.4. The lowest BCUT2D eigenvalue weighted by molar-refractivity contribution is -0.123. The van der Waals surface area contributed by atoms with Crippen LogP contribution in [0.1, 0.15) is 44.0 Å². The van der Waals surface area contributed by atoms with E-state index in [1.165, 1.54) is 32.1 Å². The van der Waals surface area contributed by atoms with E-state index >= 15 is 0 Å². The number of amides is 1. The average Bonchev–Trinajstić information content (AvgIpc) is 3.38. The van der Waals surface area contributed by atoms with E-state index in [0.717, 1.165) is 40.7 Å². The lowest BCUT2D eigenvalue weighted by Gasteiger charge is -2.10. The van der Waals surface area contributed by atoms with Crippen LogP contribution >= 0.6 is 12.2 Å². The van der Waals surface area contributed by atoms with Crippen LogP contribution in [0.4, 0.5) is 0 Å². The third kappa shape index (κ3) is 1.92. The molecule has 22 heavy (non-hydrogen) atoms. The highest BCUT2D eigenvalue weighted by Gasteiger charge is 2.67. The summed E-state index contributed by atoms with van der Waals surface area (Å²) in [6.45, 7) is 0.677. The van der Waals surface area contributed by atoms with E-state index in [9.17, 15) is 4.79 Å². The fraction of sp³-hybridized carbons (Fsp3) is 0.812. The Morgan fingerprint density at radius 2 is 2.00 bits per heavy atom. The smallest absolute Gasteiger partial charge is 0.223 e. The predicted octanol–water partition coefficient (Wildman–Crippen LogP) is 2.23. The number of fused-ring (bicyclic) bond motifs is 5. The van der Waals surface area contributed by atoms with Crippen LogP contribution in [0.25, 0.3) is 0 Å². The number of H-pyrrole nitrogens is 1. The van der Waals surface area contributed by atoms with Crippen molar-refractivity contribution in [3.8, 4) is 0 Å². The summed E-state index contributed by atoms with van der Waals surface area (Å²) in [7, 11) is 0. The lowest BCUT2D eigenvalue weighted by atomic mass is 10.0. The second-order valence-corrected chi connectivity index (χ2v) is 7.99. The molecule has 4 aliphatic rings. The summed E-state index contributed by atoms with van der Waals surface area (Å²) in [4.78, 5) is 12.4. The first-order valence-electron chi connectivity index (χ1n) is 8.67. The van der Waals surface area contributed by atoms with E-state index < -0.39 is 0 Å². The normalized spacial score (nSPS) is 38.1. The second kappa shape index (κ2) is 4.66. The molecule has 5 rings (SSSR count). The number of hydrogen-bond donors (Lipinski definition) is 2.